The molecule has 0 aliphatic carbocycles. The van der Waals surface area contributed by atoms with Gasteiger partial charge in [0.25, 0.3) is 0 Å². The molecule has 0 saturated carbocycles. The summed E-state index contributed by atoms with van der Waals surface area (Å²) in [4.78, 5) is 0. The predicted molar refractivity (Wildman–Crippen MR) is 39.1 cm³/mol. The molecule has 0 amide bonds. The smallest absolute Gasteiger partial charge is 0.188 e. The molecule has 1 unspecified atom stereocenters. The van der Waals surface area contributed by atoms with E-state index < -0.39 is 30.7 Å². The van der Waals surface area contributed by atoms with Gasteiger partial charge >= 0.3 is 0 Å². The van der Waals surface area contributed by atoms with Crippen LogP contribution in [0, 0.1) is 5.92 Å². The zero-order chi connectivity index (χ0) is 9.30. The molecule has 5 nitrogen and oxygen atoms in total. The first-order valence-electron chi connectivity index (χ1n) is 3.80. The first-order valence-corrected chi connectivity index (χ1v) is 3.80. The van der Waals surface area contributed by atoms with Gasteiger partial charge in [-0.2, -0.15) is 0 Å². The SMILES string of the molecule is CO[C@H]1OC(O)[C@H](C)[C@@H](O)[C@@H]1O. The Labute approximate surface area is 70.5 Å². The number of hydrogen-bond acceptors (Lipinski definition) is 5. The topological polar surface area (TPSA) is 79.2 Å². The van der Waals surface area contributed by atoms with E-state index in [0.29, 0.717) is 0 Å². The van der Waals surface area contributed by atoms with Gasteiger partial charge in [-0.25, -0.2) is 0 Å². The zero-order valence-electron chi connectivity index (χ0n) is 7.04. The Hall–Kier alpha value is -0.200. The van der Waals surface area contributed by atoms with Gasteiger partial charge in [0.2, 0.25) is 0 Å². The Balaban J connectivity index is 2.63. The van der Waals surface area contributed by atoms with Gasteiger partial charge < -0.3 is 24.8 Å². The van der Waals surface area contributed by atoms with E-state index in [1.54, 1.807) is 6.92 Å². The molecule has 12 heavy (non-hydrogen) atoms. The lowest BCUT2D eigenvalue weighted by atomic mass is 9.96. The summed E-state index contributed by atoms with van der Waals surface area (Å²) in [5, 5.41) is 27.9. The molecule has 1 fully saturated rings. The second-order valence-electron chi connectivity index (χ2n) is 2.97. The fourth-order valence-corrected chi connectivity index (χ4v) is 1.18. The molecule has 1 aliphatic heterocycles. The lowest BCUT2D eigenvalue weighted by Crippen LogP contribution is -2.54. The van der Waals surface area contributed by atoms with Gasteiger partial charge in [0.15, 0.2) is 12.6 Å². The molecular formula is C7H14O5. The van der Waals surface area contributed by atoms with E-state index in [4.69, 9.17) is 9.47 Å². The maximum Gasteiger partial charge on any atom is 0.188 e. The molecule has 0 aromatic heterocycles. The Bertz CT molecular complexity index is 146. The van der Waals surface area contributed by atoms with Crippen molar-refractivity contribution < 1.29 is 24.8 Å². The second kappa shape index (κ2) is 3.68. The normalized spacial score (nSPS) is 49.2. The second-order valence-corrected chi connectivity index (χ2v) is 2.97. The Kier molecular flexibility index (Phi) is 3.03. The third-order valence-electron chi connectivity index (χ3n) is 2.12. The average molecular weight is 178 g/mol. The van der Waals surface area contributed by atoms with Crippen LogP contribution < -0.4 is 0 Å². The standard InChI is InChI=1S/C7H14O5/c1-3-4(8)5(9)7(11-2)12-6(3)10/h3-10H,1-2H3/t3-,4-,5+,6?,7+/m1/s1. The van der Waals surface area contributed by atoms with Gasteiger partial charge in [0, 0.05) is 13.0 Å². The molecule has 5 heteroatoms. The molecule has 0 bridgehead atoms. The van der Waals surface area contributed by atoms with Gasteiger partial charge in [0.05, 0.1) is 6.10 Å². The maximum atomic E-state index is 9.35. The molecule has 72 valence electrons. The number of aliphatic hydroxyl groups is 3. The van der Waals surface area contributed by atoms with Crippen molar-refractivity contribution in [3.63, 3.8) is 0 Å². The molecule has 1 saturated heterocycles. The van der Waals surface area contributed by atoms with Crippen molar-refractivity contribution in [1.29, 1.82) is 0 Å². The minimum absolute atomic E-state index is 0.508. The summed E-state index contributed by atoms with van der Waals surface area (Å²) in [6, 6.07) is 0. The summed E-state index contributed by atoms with van der Waals surface area (Å²) in [5.74, 6) is -0.508. The van der Waals surface area contributed by atoms with Crippen molar-refractivity contribution >= 4 is 0 Å². The fourth-order valence-electron chi connectivity index (χ4n) is 1.18. The van der Waals surface area contributed by atoms with Crippen LogP contribution in [-0.4, -0.2) is 47.2 Å². The lowest BCUT2D eigenvalue weighted by Gasteiger charge is -2.38. The van der Waals surface area contributed by atoms with Gasteiger partial charge in [0.1, 0.15) is 6.10 Å². The first kappa shape index (κ1) is 9.88. The summed E-state index contributed by atoms with van der Waals surface area (Å²) in [6.07, 6.45) is -4.16. The van der Waals surface area contributed by atoms with E-state index in [1.165, 1.54) is 7.11 Å². The third kappa shape index (κ3) is 1.60. The quantitative estimate of drug-likeness (QED) is 0.463. The van der Waals surface area contributed by atoms with E-state index in [2.05, 4.69) is 0 Å². The number of aliphatic hydroxyl groups excluding tert-OH is 3. The van der Waals surface area contributed by atoms with Crippen molar-refractivity contribution in [3.8, 4) is 0 Å². The molecule has 1 aliphatic rings. The lowest BCUT2D eigenvalue weighted by molar-refractivity contribution is -0.321. The number of hydrogen-bond donors (Lipinski definition) is 3. The highest BCUT2D eigenvalue weighted by molar-refractivity contribution is 4.82. The Morgan fingerprint density at radius 3 is 2.25 bits per heavy atom. The summed E-state index contributed by atoms with van der Waals surface area (Å²) in [6.45, 7) is 1.59. The van der Waals surface area contributed by atoms with Crippen molar-refractivity contribution in [3.05, 3.63) is 0 Å². The van der Waals surface area contributed by atoms with Gasteiger partial charge in [-0.15, -0.1) is 0 Å². The Morgan fingerprint density at radius 2 is 1.75 bits per heavy atom. The van der Waals surface area contributed by atoms with Crippen LogP contribution in [0.3, 0.4) is 0 Å². The van der Waals surface area contributed by atoms with Crippen LogP contribution in [0.4, 0.5) is 0 Å². The maximum absolute atomic E-state index is 9.35. The van der Waals surface area contributed by atoms with Gasteiger partial charge in [-0.1, -0.05) is 6.92 Å². The van der Waals surface area contributed by atoms with Crippen molar-refractivity contribution in [1.82, 2.24) is 0 Å². The molecule has 0 radical (unpaired) electrons. The summed E-state index contributed by atoms with van der Waals surface area (Å²) in [7, 11) is 1.34. The van der Waals surface area contributed by atoms with Crippen LogP contribution in [0.25, 0.3) is 0 Å². The average Bonchev–Trinajstić information content (AvgIpc) is 2.08. The monoisotopic (exact) mass is 178 g/mol. The van der Waals surface area contributed by atoms with Crippen molar-refractivity contribution in [2.75, 3.05) is 7.11 Å². The number of rotatable bonds is 1. The van der Waals surface area contributed by atoms with E-state index in [-0.39, 0.29) is 0 Å². The van der Waals surface area contributed by atoms with Crippen molar-refractivity contribution in [2.24, 2.45) is 5.92 Å². The Morgan fingerprint density at radius 1 is 1.17 bits per heavy atom. The first-order chi connectivity index (χ1) is 5.57. The van der Waals surface area contributed by atoms with Gasteiger partial charge in [-0.05, 0) is 0 Å². The molecular weight excluding hydrogens is 164 g/mol. The minimum Gasteiger partial charge on any atom is -0.390 e. The minimum atomic E-state index is -1.10. The highest BCUT2D eigenvalue weighted by Gasteiger charge is 2.41. The van der Waals surface area contributed by atoms with Crippen LogP contribution in [0.1, 0.15) is 6.92 Å². The fraction of sp³-hybridized carbons (Fsp3) is 1.00. The highest BCUT2D eigenvalue weighted by atomic mass is 16.7. The number of ether oxygens (including phenoxy) is 2. The molecule has 0 aromatic rings. The highest BCUT2D eigenvalue weighted by Crippen LogP contribution is 2.24. The predicted octanol–water partition coefficient (Wildman–Crippen LogP) is -1.33. The molecule has 3 N–H and O–H groups in total. The van der Waals surface area contributed by atoms with Crippen LogP contribution in [0.15, 0.2) is 0 Å². The van der Waals surface area contributed by atoms with Crippen LogP contribution in [0.2, 0.25) is 0 Å². The third-order valence-corrected chi connectivity index (χ3v) is 2.12. The van der Waals surface area contributed by atoms with E-state index in [1.807, 2.05) is 0 Å². The van der Waals surface area contributed by atoms with E-state index >= 15 is 0 Å². The van der Waals surface area contributed by atoms with Gasteiger partial charge in [-0.3, -0.25) is 0 Å². The molecule has 5 atom stereocenters. The molecule has 0 aromatic carbocycles. The largest absolute Gasteiger partial charge is 0.390 e. The molecule has 1 rings (SSSR count). The van der Waals surface area contributed by atoms with E-state index in [9.17, 15) is 15.3 Å². The zero-order valence-corrected chi connectivity index (χ0v) is 7.04. The summed E-state index contributed by atoms with van der Waals surface area (Å²) in [5.41, 5.74) is 0. The van der Waals surface area contributed by atoms with Crippen LogP contribution in [0.5, 0.6) is 0 Å². The molecule has 1 heterocycles. The van der Waals surface area contributed by atoms with Crippen LogP contribution >= 0.6 is 0 Å². The summed E-state index contributed by atoms with van der Waals surface area (Å²) < 4.78 is 9.55. The van der Waals surface area contributed by atoms with E-state index in [0.717, 1.165) is 0 Å². The van der Waals surface area contributed by atoms with Crippen LogP contribution in [-0.2, 0) is 9.47 Å². The number of methoxy groups -OCH3 is 1. The van der Waals surface area contributed by atoms with Crippen molar-refractivity contribution in [2.45, 2.75) is 31.7 Å². The summed E-state index contributed by atoms with van der Waals surface area (Å²) >= 11 is 0. The molecule has 0 spiro atoms.